The van der Waals surface area contributed by atoms with Crippen molar-refractivity contribution >= 4 is 80.5 Å². The highest BCUT2D eigenvalue weighted by molar-refractivity contribution is 7.21. The number of nitrogens with one attached hydrogen (secondary N) is 6. The number of benzene rings is 2. The Morgan fingerprint density at radius 3 is 1.63 bits per heavy atom. The smallest absolute Gasteiger partial charge is 0.322 e. The molecule has 2 aromatic carbocycles. The number of amides is 6. The van der Waals surface area contributed by atoms with Crippen molar-refractivity contribution in [1.82, 2.24) is 36.9 Å². The first-order valence-corrected chi connectivity index (χ1v) is 14.3. The van der Waals surface area contributed by atoms with Crippen molar-refractivity contribution in [3.05, 3.63) is 52.5 Å². The van der Waals surface area contributed by atoms with Gasteiger partial charge < -0.3 is 42.1 Å². The minimum atomic E-state index is -1.28. The Balaban J connectivity index is 1.78. The molecule has 3 rings (SSSR count). The number of thiazole rings is 1. The molecule has 1 heterocycles. The fourth-order valence-corrected chi connectivity index (χ4v) is 4.95. The molecule has 0 saturated heterocycles. The van der Waals surface area contributed by atoms with Crippen LogP contribution in [0.2, 0.25) is 5.02 Å². The van der Waals surface area contributed by atoms with E-state index in [4.69, 9.17) is 21.8 Å². The van der Waals surface area contributed by atoms with Crippen LogP contribution < -0.4 is 31.9 Å². The van der Waals surface area contributed by atoms with Gasteiger partial charge in [0.25, 0.3) is 11.8 Å². The van der Waals surface area contributed by atoms with Gasteiger partial charge in [0, 0.05) is 5.56 Å². The molecule has 0 aliphatic heterocycles. The van der Waals surface area contributed by atoms with E-state index in [0.717, 1.165) is 0 Å². The lowest BCUT2D eigenvalue weighted by atomic mass is 9.99. The van der Waals surface area contributed by atoms with E-state index >= 15 is 0 Å². The number of carbonyl (C=O) groups is 8. The number of hydrogen-bond donors (Lipinski definition) is 8. The summed E-state index contributed by atoms with van der Waals surface area (Å²) in [6.07, 6.45) is 0. The second-order valence-electron chi connectivity index (χ2n) is 9.09. The summed E-state index contributed by atoms with van der Waals surface area (Å²) in [6.45, 7) is -3.63. The number of carbonyl (C=O) groups excluding carboxylic acids is 6. The Morgan fingerprint density at radius 2 is 1.11 bits per heavy atom. The third kappa shape index (κ3) is 10.2. The quantitative estimate of drug-likeness (QED) is 0.0939. The molecular formula is C27H26ClN7O10S. The van der Waals surface area contributed by atoms with Crippen molar-refractivity contribution < 1.29 is 48.6 Å². The maximum Gasteiger partial charge on any atom is 0.322 e. The van der Waals surface area contributed by atoms with Gasteiger partial charge in [0.05, 0.1) is 47.0 Å². The Morgan fingerprint density at radius 1 is 0.630 bits per heavy atom. The van der Waals surface area contributed by atoms with E-state index in [9.17, 15) is 38.4 Å². The number of carboxylic acids is 2. The highest BCUT2D eigenvalue weighted by Crippen LogP contribution is 2.36. The highest BCUT2D eigenvalue weighted by atomic mass is 35.5. The first-order valence-electron chi connectivity index (χ1n) is 13.1. The lowest BCUT2D eigenvalue weighted by molar-refractivity contribution is -0.138. The number of fused-ring (bicyclic) bond motifs is 1. The summed E-state index contributed by atoms with van der Waals surface area (Å²) in [5, 5.41) is 31.1. The maximum absolute atomic E-state index is 13.5. The SMILES string of the molecule is O=C(O)CNC(=O)CNC(=O)CNC(=O)c1cccc(-c2nc3c(Cl)cccc3s2)c1C(=O)NCC(=O)NCC(=O)NCC(=O)O. The molecular weight excluding hydrogens is 650 g/mol. The molecule has 242 valence electrons. The maximum atomic E-state index is 13.5. The van der Waals surface area contributed by atoms with E-state index < -0.39 is 86.7 Å². The summed E-state index contributed by atoms with van der Waals surface area (Å²) < 4.78 is 0.688. The zero-order valence-electron chi connectivity index (χ0n) is 23.6. The van der Waals surface area contributed by atoms with Gasteiger partial charge in [-0.2, -0.15) is 0 Å². The molecule has 1 aromatic heterocycles. The molecule has 8 N–H and O–H groups in total. The Kier molecular flexibility index (Phi) is 12.5. The molecule has 0 radical (unpaired) electrons. The monoisotopic (exact) mass is 675 g/mol. The van der Waals surface area contributed by atoms with Gasteiger partial charge in [-0.05, 0) is 18.2 Å². The van der Waals surface area contributed by atoms with Crippen LogP contribution in [-0.4, -0.2) is 102 Å². The number of halogens is 1. The molecule has 0 unspecified atom stereocenters. The summed E-state index contributed by atoms with van der Waals surface area (Å²) in [5.74, 6) is -7.41. The average Bonchev–Trinajstić information content (AvgIpc) is 3.47. The zero-order valence-corrected chi connectivity index (χ0v) is 25.2. The van der Waals surface area contributed by atoms with Crippen molar-refractivity contribution in [3.63, 3.8) is 0 Å². The Bertz CT molecular complexity index is 1710. The first-order chi connectivity index (χ1) is 21.8. The first kappa shape index (κ1) is 34.9. The van der Waals surface area contributed by atoms with Gasteiger partial charge in [0.15, 0.2) is 0 Å². The molecule has 3 aromatic rings. The van der Waals surface area contributed by atoms with Crippen LogP contribution in [-0.2, 0) is 28.8 Å². The molecule has 0 aliphatic carbocycles. The van der Waals surface area contributed by atoms with E-state index in [1.54, 1.807) is 18.2 Å². The molecule has 17 nitrogen and oxygen atoms in total. The molecule has 0 spiro atoms. The van der Waals surface area contributed by atoms with Gasteiger partial charge in [-0.3, -0.25) is 38.4 Å². The molecule has 6 amide bonds. The highest BCUT2D eigenvalue weighted by Gasteiger charge is 2.25. The largest absolute Gasteiger partial charge is 0.480 e. The minimum absolute atomic E-state index is 0.194. The fourth-order valence-electron chi connectivity index (χ4n) is 3.66. The minimum Gasteiger partial charge on any atom is -0.480 e. The standard InChI is InChI=1S/C27H26ClN7O10S/c28-15-5-2-6-16-24(15)35-27(46-16)14-4-1-3-13(25(44)33-9-19(38)29-7-17(36)31-11-21(40)41)23(14)26(45)34-10-20(39)30-8-18(37)32-12-22(42)43/h1-6H,7-12H2,(H,29,38)(H,30,39)(H,31,36)(H,32,37)(H,33,44)(H,34,45)(H,40,41)(H,42,43). The van der Waals surface area contributed by atoms with Crippen LogP contribution in [0.1, 0.15) is 20.7 Å². The molecule has 19 heteroatoms. The van der Waals surface area contributed by atoms with Gasteiger partial charge in [-0.25, -0.2) is 4.98 Å². The van der Waals surface area contributed by atoms with E-state index in [1.807, 2.05) is 0 Å². The average molecular weight is 676 g/mol. The van der Waals surface area contributed by atoms with Crippen LogP contribution in [0.15, 0.2) is 36.4 Å². The van der Waals surface area contributed by atoms with E-state index in [2.05, 4.69) is 36.9 Å². The fraction of sp³-hybridized carbons (Fsp3) is 0.222. The molecule has 0 aliphatic rings. The van der Waals surface area contributed by atoms with Gasteiger partial charge >= 0.3 is 11.9 Å². The van der Waals surface area contributed by atoms with E-state index in [0.29, 0.717) is 20.2 Å². The number of rotatable bonds is 15. The molecule has 46 heavy (non-hydrogen) atoms. The summed E-state index contributed by atoms with van der Waals surface area (Å²) in [4.78, 5) is 100. The molecule has 0 fully saturated rings. The van der Waals surface area contributed by atoms with Crippen molar-refractivity contribution in [2.75, 3.05) is 39.3 Å². The lowest BCUT2D eigenvalue weighted by Gasteiger charge is -2.14. The predicted octanol–water partition coefficient (Wildman–Crippen LogP) is -1.29. The van der Waals surface area contributed by atoms with E-state index in [1.165, 1.54) is 29.5 Å². The number of aromatic nitrogens is 1. The van der Waals surface area contributed by atoms with Gasteiger partial charge in [0.2, 0.25) is 23.6 Å². The van der Waals surface area contributed by atoms with Crippen molar-refractivity contribution in [2.24, 2.45) is 0 Å². The lowest BCUT2D eigenvalue weighted by Crippen LogP contribution is -2.44. The summed E-state index contributed by atoms with van der Waals surface area (Å²) in [7, 11) is 0. The van der Waals surface area contributed by atoms with Crippen LogP contribution >= 0.6 is 22.9 Å². The third-order valence-electron chi connectivity index (χ3n) is 5.72. The predicted molar refractivity (Wildman–Crippen MR) is 162 cm³/mol. The zero-order chi connectivity index (χ0) is 33.8. The normalized spacial score (nSPS) is 10.4. The van der Waals surface area contributed by atoms with Gasteiger partial charge in [0.1, 0.15) is 23.6 Å². The van der Waals surface area contributed by atoms with Crippen LogP contribution in [0.3, 0.4) is 0 Å². The third-order valence-corrected chi connectivity index (χ3v) is 7.08. The Hall–Kier alpha value is -5.62. The van der Waals surface area contributed by atoms with Crippen molar-refractivity contribution in [2.45, 2.75) is 0 Å². The second-order valence-corrected chi connectivity index (χ2v) is 10.5. The van der Waals surface area contributed by atoms with Crippen LogP contribution in [0.5, 0.6) is 0 Å². The van der Waals surface area contributed by atoms with Crippen molar-refractivity contribution in [3.8, 4) is 10.6 Å². The number of para-hydroxylation sites is 1. The second kappa shape index (κ2) is 16.5. The van der Waals surface area contributed by atoms with Gasteiger partial charge in [-0.1, -0.05) is 29.8 Å². The molecule has 0 atom stereocenters. The van der Waals surface area contributed by atoms with Crippen LogP contribution in [0.4, 0.5) is 0 Å². The summed E-state index contributed by atoms with van der Waals surface area (Å²) in [6, 6.07) is 9.41. The number of aliphatic carboxylic acids is 2. The number of carboxylic acid groups (broad SMARTS) is 2. The topological polar surface area (TPSA) is 262 Å². The summed E-state index contributed by atoms with van der Waals surface area (Å²) in [5.41, 5.74) is 0.266. The van der Waals surface area contributed by atoms with Crippen LogP contribution in [0.25, 0.3) is 20.8 Å². The number of hydrogen-bond acceptors (Lipinski definition) is 10. The van der Waals surface area contributed by atoms with Crippen molar-refractivity contribution in [1.29, 1.82) is 0 Å². The Labute approximate surface area is 268 Å². The molecule has 0 saturated carbocycles. The summed E-state index contributed by atoms with van der Waals surface area (Å²) >= 11 is 7.45. The molecule has 0 bridgehead atoms. The number of nitrogens with zero attached hydrogens (tertiary/aromatic N) is 1. The van der Waals surface area contributed by atoms with Crippen LogP contribution in [0, 0.1) is 0 Å². The van der Waals surface area contributed by atoms with E-state index in [-0.39, 0.29) is 16.7 Å². The van der Waals surface area contributed by atoms with Gasteiger partial charge in [-0.15, -0.1) is 11.3 Å².